The van der Waals surface area contributed by atoms with Gasteiger partial charge >= 0.3 is 0 Å². The third-order valence-corrected chi connectivity index (χ3v) is 5.86. The summed E-state index contributed by atoms with van der Waals surface area (Å²) in [6.45, 7) is 5.81. The van der Waals surface area contributed by atoms with Crippen molar-refractivity contribution in [1.29, 1.82) is 0 Å². The normalized spacial score (nSPS) is 19.4. The number of Topliss-reactive ketones (excluding diaryl/α,β-unsaturated/α-hetero) is 1. The van der Waals surface area contributed by atoms with Crippen LogP contribution in [0.25, 0.3) is 11.0 Å². The van der Waals surface area contributed by atoms with Gasteiger partial charge in [-0.2, -0.15) is 0 Å². The molecule has 1 amide bonds. The first-order valence-corrected chi connectivity index (χ1v) is 9.53. The smallest absolute Gasteiger partial charge is 0.287 e. The zero-order valence-corrected chi connectivity index (χ0v) is 15.6. The van der Waals surface area contributed by atoms with Crippen molar-refractivity contribution in [3.63, 3.8) is 0 Å². The molecule has 1 fully saturated rings. The molecule has 1 atom stereocenters. The fraction of sp³-hybridized carbons (Fsp3) is 0.524. The second-order valence-corrected chi connectivity index (χ2v) is 7.74. The van der Waals surface area contributed by atoms with E-state index < -0.39 is 0 Å². The minimum atomic E-state index is -0.327. The second kappa shape index (κ2) is 6.15. The Morgan fingerprint density at radius 3 is 2.73 bits per heavy atom. The Hall–Kier alpha value is -2.30. The van der Waals surface area contributed by atoms with Crippen molar-refractivity contribution in [2.75, 3.05) is 0 Å². The molecule has 1 aliphatic heterocycles. The lowest BCUT2D eigenvalue weighted by Gasteiger charge is -2.34. The molecule has 26 heavy (non-hydrogen) atoms. The van der Waals surface area contributed by atoms with Gasteiger partial charge in [-0.05, 0) is 58.1 Å². The van der Waals surface area contributed by atoms with Gasteiger partial charge in [-0.3, -0.25) is 9.59 Å². The van der Waals surface area contributed by atoms with E-state index in [9.17, 15) is 9.59 Å². The summed E-state index contributed by atoms with van der Waals surface area (Å²) in [5, 5.41) is 3.65. The number of furan rings is 1. The number of rotatable bonds is 3. The quantitative estimate of drug-likeness (QED) is 0.877. The monoisotopic (exact) mass is 355 g/mol. The van der Waals surface area contributed by atoms with Crippen LogP contribution in [0.15, 0.2) is 16.5 Å². The Bertz CT molecular complexity index is 889. The number of aryl methyl sites for hydroxylation is 1. The summed E-state index contributed by atoms with van der Waals surface area (Å²) in [5.74, 6) is 0.769. The van der Waals surface area contributed by atoms with Crippen molar-refractivity contribution in [3.05, 3.63) is 29.0 Å². The zero-order chi connectivity index (χ0) is 18.5. The number of benzene rings is 1. The minimum Gasteiger partial charge on any atom is -0.486 e. The second-order valence-electron chi connectivity index (χ2n) is 7.74. The fourth-order valence-electron chi connectivity index (χ4n) is 4.24. The number of hydrogen-bond donors (Lipinski definition) is 1. The number of fused-ring (bicyclic) bond motifs is 3. The molecule has 0 bridgehead atoms. The van der Waals surface area contributed by atoms with Gasteiger partial charge in [0, 0.05) is 17.0 Å². The van der Waals surface area contributed by atoms with E-state index in [-0.39, 0.29) is 29.1 Å². The number of amides is 1. The molecule has 0 saturated heterocycles. The van der Waals surface area contributed by atoms with Crippen molar-refractivity contribution in [2.24, 2.45) is 0 Å². The summed E-state index contributed by atoms with van der Waals surface area (Å²) in [5.41, 5.74) is 1.52. The third-order valence-electron chi connectivity index (χ3n) is 5.86. The third kappa shape index (κ3) is 2.61. The standard InChI is InChI=1S/C21H25NO4/c1-4-12(2)22-20(24)19-13(3)17-15(25-19)7-8-16-18(17)14(23)11-21(26-16)9-5-6-10-21/h7-8,12H,4-6,9-11H2,1-3H3,(H,22,24). The summed E-state index contributed by atoms with van der Waals surface area (Å²) in [7, 11) is 0. The summed E-state index contributed by atoms with van der Waals surface area (Å²) in [4.78, 5) is 25.5. The van der Waals surface area contributed by atoms with Gasteiger partial charge in [-0.25, -0.2) is 0 Å². The Morgan fingerprint density at radius 2 is 2.04 bits per heavy atom. The van der Waals surface area contributed by atoms with Crippen LogP contribution in [0.3, 0.4) is 0 Å². The predicted molar refractivity (Wildman–Crippen MR) is 98.9 cm³/mol. The zero-order valence-electron chi connectivity index (χ0n) is 15.6. The molecule has 2 heterocycles. The number of hydrogen-bond acceptors (Lipinski definition) is 4. The molecule has 138 valence electrons. The van der Waals surface area contributed by atoms with Gasteiger partial charge in [0.2, 0.25) is 0 Å². The van der Waals surface area contributed by atoms with Gasteiger partial charge in [-0.15, -0.1) is 0 Å². The molecule has 1 saturated carbocycles. The predicted octanol–water partition coefficient (Wildman–Crippen LogP) is 4.55. The molecule has 1 N–H and O–H groups in total. The number of carbonyl (C=O) groups is 2. The molecule has 2 aromatic rings. The van der Waals surface area contributed by atoms with Gasteiger partial charge in [0.15, 0.2) is 11.5 Å². The number of ketones is 1. The maximum absolute atomic E-state index is 13.0. The van der Waals surface area contributed by atoms with Crippen LogP contribution < -0.4 is 10.1 Å². The lowest BCUT2D eigenvalue weighted by Crippen LogP contribution is -2.39. The highest BCUT2D eigenvalue weighted by atomic mass is 16.5. The molecule has 1 aromatic carbocycles. The van der Waals surface area contributed by atoms with Crippen LogP contribution in [0.5, 0.6) is 5.75 Å². The highest BCUT2D eigenvalue weighted by Crippen LogP contribution is 2.46. The highest BCUT2D eigenvalue weighted by molar-refractivity contribution is 6.13. The molecule has 1 aromatic heterocycles. The van der Waals surface area contributed by atoms with Gasteiger partial charge in [0.25, 0.3) is 5.91 Å². The lowest BCUT2D eigenvalue weighted by atomic mass is 9.87. The summed E-state index contributed by atoms with van der Waals surface area (Å²) in [6.07, 6.45) is 5.34. The van der Waals surface area contributed by atoms with E-state index >= 15 is 0 Å². The van der Waals surface area contributed by atoms with Crippen LogP contribution >= 0.6 is 0 Å². The average Bonchev–Trinajstić information content (AvgIpc) is 3.19. The average molecular weight is 355 g/mol. The Kier molecular flexibility index (Phi) is 4.05. The SMILES string of the molecule is CCC(C)NC(=O)c1oc2ccc3c(c2c1C)C(=O)CC1(CCCC1)O3. The van der Waals surface area contributed by atoms with Crippen LogP contribution in [-0.2, 0) is 0 Å². The highest BCUT2D eigenvalue weighted by Gasteiger charge is 2.43. The van der Waals surface area contributed by atoms with E-state index in [0.29, 0.717) is 28.9 Å². The summed E-state index contributed by atoms with van der Waals surface area (Å²) < 4.78 is 12.1. The van der Waals surface area contributed by atoms with E-state index in [0.717, 1.165) is 37.5 Å². The van der Waals surface area contributed by atoms with E-state index in [1.807, 2.05) is 32.9 Å². The first-order chi connectivity index (χ1) is 12.4. The topological polar surface area (TPSA) is 68.5 Å². The fourth-order valence-corrected chi connectivity index (χ4v) is 4.24. The van der Waals surface area contributed by atoms with Crippen molar-refractivity contribution >= 4 is 22.7 Å². The maximum Gasteiger partial charge on any atom is 0.287 e. The molecule has 1 spiro atoms. The molecular weight excluding hydrogens is 330 g/mol. The van der Waals surface area contributed by atoms with Crippen molar-refractivity contribution in [2.45, 2.75) is 70.9 Å². The van der Waals surface area contributed by atoms with Gasteiger partial charge in [0.1, 0.15) is 16.9 Å². The molecular formula is C21H25NO4. The Morgan fingerprint density at radius 1 is 1.31 bits per heavy atom. The van der Waals surface area contributed by atoms with E-state index in [1.54, 1.807) is 0 Å². The van der Waals surface area contributed by atoms with Crippen LogP contribution in [0.2, 0.25) is 0 Å². The number of ether oxygens (including phenoxy) is 1. The van der Waals surface area contributed by atoms with Crippen molar-refractivity contribution in [1.82, 2.24) is 5.32 Å². The first kappa shape index (κ1) is 17.1. The number of carbonyl (C=O) groups excluding carboxylic acids is 2. The molecule has 0 radical (unpaired) electrons. The minimum absolute atomic E-state index is 0.0659. The summed E-state index contributed by atoms with van der Waals surface area (Å²) in [6, 6.07) is 3.69. The molecule has 4 rings (SSSR count). The Labute approximate surface area is 153 Å². The van der Waals surface area contributed by atoms with E-state index in [4.69, 9.17) is 9.15 Å². The maximum atomic E-state index is 13.0. The van der Waals surface area contributed by atoms with Crippen LogP contribution in [0.4, 0.5) is 0 Å². The van der Waals surface area contributed by atoms with Gasteiger partial charge < -0.3 is 14.5 Å². The molecule has 5 heteroatoms. The molecule has 1 aliphatic carbocycles. The van der Waals surface area contributed by atoms with Gasteiger partial charge in [0.05, 0.1) is 12.0 Å². The van der Waals surface area contributed by atoms with Crippen LogP contribution in [0.1, 0.15) is 78.8 Å². The molecule has 5 nitrogen and oxygen atoms in total. The lowest BCUT2D eigenvalue weighted by molar-refractivity contribution is 0.0454. The number of nitrogens with one attached hydrogen (secondary N) is 1. The summed E-state index contributed by atoms with van der Waals surface area (Å²) >= 11 is 0. The first-order valence-electron chi connectivity index (χ1n) is 9.53. The van der Waals surface area contributed by atoms with Crippen molar-refractivity contribution < 1.29 is 18.7 Å². The molecule has 2 aliphatic rings. The van der Waals surface area contributed by atoms with E-state index in [2.05, 4.69) is 5.32 Å². The van der Waals surface area contributed by atoms with Gasteiger partial charge in [-0.1, -0.05) is 6.92 Å². The Balaban J connectivity index is 1.78. The van der Waals surface area contributed by atoms with Crippen molar-refractivity contribution in [3.8, 4) is 5.75 Å². The van der Waals surface area contributed by atoms with Crippen LogP contribution in [0, 0.1) is 6.92 Å². The van der Waals surface area contributed by atoms with E-state index in [1.165, 1.54) is 0 Å². The van der Waals surface area contributed by atoms with Crippen LogP contribution in [-0.4, -0.2) is 23.3 Å². The largest absolute Gasteiger partial charge is 0.486 e. The molecule has 1 unspecified atom stereocenters.